The molecule has 2 nitrogen and oxygen atoms in total. The molecule has 0 spiro atoms. The van der Waals surface area contributed by atoms with Crippen molar-refractivity contribution in [1.82, 2.24) is 0 Å². The first-order chi connectivity index (χ1) is 11.8. The minimum absolute atomic E-state index is 0.227. The van der Waals surface area contributed by atoms with Gasteiger partial charge in [-0.1, -0.05) is 36.4 Å². The van der Waals surface area contributed by atoms with E-state index in [1.807, 2.05) is 24.3 Å². The molecule has 24 heavy (non-hydrogen) atoms. The van der Waals surface area contributed by atoms with Crippen molar-refractivity contribution in [3.05, 3.63) is 72.0 Å². The van der Waals surface area contributed by atoms with Crippen LogP contribution in [0.4, 0.5) is 0 Å². The third-order valence-corrected chi connectivity index (χ3v) is 5.45. The number of esters is 1. The van der Waals surface area contributed by atoms with Gasteiger partial charge in [-0.3, -0.25) is 0 Å². The van der Waals surface area contributed by atoms with Crippen LogP contribution in [0.1, 0.15) is 29.6 Å². The molecular weight excluding hydrogens is 296 g/mol. The van der Waals surface area contributed by atoms with Gasteiger partial charge in [-0.2, -0.15) is 0 Å². The molecule has 5 rings (SSSR count). The van der Waals surface area contributed by atoms with E-state index in [0.29, 0.717) is 17.4 Å². The summed E-state index contributed by atoms with van der Waals surface area (Å²) < 4.78 is 5.77. The standard InChI is InChI=1S/C22H18O2/c23-22(24-21-11-14-8-9-18(21)10-14)19-7-3-6-17-12-15-4-1-2-5-16(15)13-20(17)19/h1-7,11-14,18H,8-10H2. The maximum absolute atomic E-state index is 12.8. The lowest BCUT2D eigenvalue weighted by Crippen LogP contribution is -2.10. The van der Waals surface area contributed by atoms with Crippen molar-refractivity contribution in [2.75, 3.05) is 0 Å². The van der Waals surface area contributed by atoms with Crippen LogP contribution in [0.2, 0.25) is 0 Å². The molecule has 0 N–H and O–H groups in total. The lowest BCUT2D eigenvalue weighted by atomic mass is 9.99. The van der Waals surface area contributed by atoms with Crippen LogP contribution >= 0.6 is 0 Å². The number of hydrogen-bond acceptors (Lipinski definition) is 2. The topological polar surface area (TPSA) is 26.3 Å². The molecule has 0 heterocycles. The van der Waals surface area contributed by atoms with E-state index in [4.69, 9.17) is 4.74 Å². The Bertz CT molecular complexity index is 999. The highest BCUT2D eigenvalue weighted by atomic mass is 16.5. The summed E-state index contributed by atoms with van der Waals surface area (Å²) in [6.45, 7) is 0. The molecule has 2 bridgehead atoms. The van der Waals surface area contributed by atoms with Gasteiger partial charge in [0, 0.05) is 5.92 Å². The molecule has 118 valence electrons. The zero-order valence-electron chi connectivity index (χ0n) is 13.4. The van der Waals surface area contributed by atoms with Gasteiger partial charge < -0.3 is 4.74 Å². The summed E-state index contributed by atoms with van der Waals surface area (Å²) in [6.07, 6.45) is 5.71. The average molecular weight is 314 g/mol. The third-order valence-electron chi connectivity index (χ3n) is 5.45. The molecule has 0 aromatic heterocycles. The Hall–Kier alpha value is -2.61. The fourth-order valence-electron chi connectivity index (χ4n) is 4.22. The maximum Gasteiger partial charge on any atom is 0.343 e. The summed E-state index contributed by atoms with van der Waals surface area (Å²) >= 11 is 0. The fourth-order valence-corrected chi connectivity index (χ4v) is 4.22. The smallest absolute Gasteiger partial charge is 0.343 e. The van der Waals surface area contributed by atoms with Crippen LogP contribution in [-0.4, -0.2) is 5.97 Å². The monoisotopic (exact) mass is 314 g/mol. The molecule has 1 saturated carbocycles. The van der Waals surface area contributed by atoms with E-state index in [0.717, 1.165) is 34.8 Å². The highest BCUT2D eigenvalue weighted by Crippen LogP contribution is 2.44. The van der Waals surface area contributed by atoms with Crippen molar-refractivity contribution in [2.24, 2.45) is 11.8 Å². The highest BCUT2D eigenvalue weighted by molar-refractivity contribution is 6.09. The van der Waals surface area contributed by atoms with Crippen molar-refractivity contribution in [2.45, 2.75) is 19.3 Å². The molecule has 3 aromatic carbocycles. The van der Waals surface area contributed by atoms with E-state index < -0.39 is 0 Å². The Kier molecular flexibility index (Phi) is 2.99. The Balaban J connectivity index is 1.57. The number of allylic oxidation sites excluding steroid dienone is 2. The summed E-state index contributed by atoms with van der Waals surface area (Å²) in [5, 5.41) is 4.37. The third kappa shape index (κ3) is 2.14. The number of hydrogen-bond donors (Lipinski definition) is 0. The summed E-state index contributed by atoms with van der Waals surface area (Å²) in [5.41, 5.74) is 0.655. The van der Waals surface area contributed by atoms with Gasteiger partial charge in [-0.05, 0) is 71.0 Å². The van der Waals surface area contributed by atoms with E-state index in [-0.39, 0.29) is 5.97 Å². The van der Waals surface area contributed by atoms with Crippen molar-refractivity contribution in [3.63, 3.8) is 0 Å². The van der Waals surface area contributed by atoms with Gasteiger partial charge in [-0.25, -0.2) is 4.79 Å². The van der Waals surface area contributed by atoms with Crippen molar-refractivity contribution < 1.29 is 9.53 Å². The lowest BCUT2D eigenvalue weighted by molar-refractivity contribution is 0.0594. The second-order valence-electron chi connectivity index (χ2n) is 6.95. The van der Waals surface area contributed by atoms with Gasteiger partial charge in [0.2, 0.25) is 0 Å². The molecular formula is C22H18O2. The quantitative estimate of drug-likeness (QED) is 0.463. The van der Waals surface area contributed by atoms with E-state index >= 15 is 0 Å². The number of carbonyl (C=O) groups is 1. The zero-order valence-corrected chi connectivity index (χ0v) is 13.4. The van der Waals surface area contributed by atoms with Crippen LogP contribution in [0.5, 0.6) is 0 Å². The number of benzene rings is 3. The molecule has 0 saturated heterocycles. The first kappa shape index (κ1) is 13.8. The molecule has 1 fully saturated rings. The molecule has 0 aliphatic heterocycles. The van der Waals surface area contributed by atoms with Gasteiger partial charge in [0.15, 0.2) is 0 Å². The van der Waals surface area contributed by atoms with Crippen molar-refractivity contribution in [1.29, 1.82) is 0 Å². The summed E-state index contributed by atoms with van der Waals surface area (Å²) in [5.74, 6) is 1.74. The Morgan fingerprint density at radius 1 is 0.917 bits per heavy atom. The predicted molar refractivity (Wildman–Crippen MR) is 95.8 cm³/mol. The first-order valence-electron chi connectivity index (χ1n) is 8.63. The normalized spacial score (nSPS) is 22.1. The molecule has 0 radical (unpaired) electrons. The summed E-state index contributed by atoms with van der Waals surface area (Å²) in [4.78, 5) is 12.8. The minimum Gasteiger partial charge on any atom is -0.427 e. The van der Waals surface area contributed by atoms with Gasteiger partial charge in [-0.15, -0.1) is 0 Å². The van der Waals surface area contributed by atoms with E-state index in [9.17, 15) is 4.79 Å². The van der Waals surface area contributed by atoms with Crippen LogP contribution < -0.4 is 0 Å². The molecule has 2 atom stereocenters. The number of ether oxygens (including phenoxy) is 1. The maximum atomic E-state index is 12.8. The molecule has 2 aliphatic carbocycles. The van der Waals surface area contributed by atoms with Gasteiger partial charge in [0.05, 0.1) is 5.56 Å². The molecule has 0 amide bonds. The molecule has 2 heteroatoms. The van der Waals surface area contributed by atoms with Crippen LogP contribution in [0.25, 0.3) is 21.5 Å². The number of fused-ring (bicyclic) bond motifs is 4. The number of rotatable bonds is 2. The average Bonchev–Trinajstić information content (AvgIpc) is 3.22. The fraction of sp³-hybridized carbons (Fsp3) is 0.227. The van der Waals surface area contributed by atoms with Crippen LogP contribution in [-0.2, 0) is 4.74 Å². The van der Waals surface area contributed by atoms with Gasteiger partial charge in [0.25, 0.3) is 0 Å². The zero-order chi connectivity index (χ0) is 16.1. The largest absolute Gasteiger partial charge is 0.427 e. The molecule has 2 aliphatic rings. The second-order valence-corrected chi connectivity index (χ2v) is 6.95. The Labute approximate surface area is 140 Å². The molecule has 2 unspecified atom stereocenters. The van der Waals surface area contributed by atoms with E-state index in [1.54, 1.807) is 0 Å². The number of carbonyl (C=O) groups excluding carboxylic acids is 1. The Morgan fingerprint density at radius 2 is 1.71 bits per heavy atom. The lowest BCUT2D eigenvalue weighted by Gasteiger charge is -2.14. The van der Waals surface area contributed by atoms with Crippen LogP contribution in [0, 0.1) is 11.8 Å². The van der Waals surface area contributed by atoms with Gasteiger partial charge in [0.1, 0.15) is 5.76 Å². The second kappa shape index (κ2) is 5.20. The Morgan fingerprint density at radius 3 is 2.46 bits per heavy atom. The van der Waals surface area contributed by atoms with E-state index in [2.05, 4.69) is 36.4 Å². The summed E-state index contributed by atoms with van der Waals surface area (Å²) in [6, 6.07) is 18.3. The van der Waals surface area contributed by atoms with Crippen LogP contribution in [0.3, 0.4) is 0 Å². The predicted octanol–water partition coefficient (Wildman–Crippen LogP) is 5.46. The van der Waals surface area contributed by atoms with Crippen LogP contribution in [0.15, 0.2) is 66.4 Å². The SMILES string of the molecule is O=C(OC1=CC2CCC1C2)c1cccc2cc3ccccc3cc12. The summed E-state index contributed by atoms with van der Waals surface area (Å²) in [7, 11) is 0. The van der Waals surface area contributed by atoms with E-state index in [1.165, 1.54) is 11.8 Å². The highest BCUT2D eigenvalue weighted by Gasteiger charge is 2.35. The molecule has 3 aromatic rings. The van der Waals surface area contributed by atoms with Crippen molar-refractivity contribution in [3.8, 4) is 0 Å². The van der Waals surface area contributed by atoms with Gasteiger partial charge >= 0.3 is 5.97 Å². The van der Waals surface area contributed by atoms with Crippen molar-refractivity contribution >= 4 is 27.5 Å². The first-order valence-corrected chi connectivity index (χ1v) is 8.63. The minimum atomic E-state index is -0.227.